The number of nitrogens with one attached hydrogen (secondary N) is 1. The van der Waals surface area contributed by atoms with Crippen LogP contribution in [0.5, 0.6) is 5.75 Å². The lowest BCUT2D eigenvalue weighted by atomic mass is 10.1. The molecule has 0 bridgehead atoms. The topological polar surface area (TPSA) is 69.0 Å². The number of hydrogen-bond donors (Lipinski definition) is 1. The van der Waals surface area contributed by atoms with E-state index in [1.807, 2.05) is 39.0 Å². The number of carbonyl (C=O) groups excluding carboxylic acids is 1. The van der Waals surface area contributed by atoms with E-state index in [9.17, 15) is 9.18 Å². The Morgan fingerprint density at radius 1 is 1.22 bits per heavy atom. The molecule has 0 fully saturated rings. The van der Waals surface area contributed by atoms with Gasteiger partial charge >= 0.3 is 0 Å². The van der Waals surface area contributed by atoms with E-state index in [0.29, 0.717) is 11.3 Å². The van der Waals surface area contributed by atoms with E-state index in [4.69, 9.17) is 4.74 Å². The standard InChI is InChI=1S/C20H21FN4O2/c1-12-6-5-7-13(2)19(12)25-11-17(23-24-25)14(3)22-20(26)15-8-9-16(21)18(10-15)27-4/h5-11,14H,1-4H3,(H,22,26). The van der Waals surface area contributed by atoms with E-state index in [-0.39, 0.29) is 17.7 Å². The molecule has 3 aromatic rings. The second kappa shape index (κ2) is 7.57. The van der Waals surface area contributed by atoms with Crippen molar-refractivity contribution in [3.63, 3.8) is 0 Å². The van der Waals surface area contributed by atoms with E-state index in [1.54, 1.807) is 10.9 Å². The molecule has 0 spiro atoms. The second-order valence-corrected chi connectivity index (χ2v) is 6.37. The molecule has 0 saturated heterocycles. The van der Waals surface area contributed by atoms with Gasteiger partial charge in [0.15, 0.2) is 11.6 Å². The third-order valence-electron chi connectivity index (χ3n) is 4.38. The molecule has 1 amide bonds. The lowest BCUT2D eigenvalue weighted by Crippen LogP contribution is -2.27. The van der Waals surface area contributed by atoms with Gasteiger partial charge in [0, 0.05) is 5.56 Å². The maximum atomic E-state index is 13.5. The van der Waals surface area contributed by atoms with Gasteiger partial charge in [-0.25, -0.2) is 9.07 Å². The molecule has 6 nitrogen and oxygen atoms in total. The molecule has 1 aromatic heterocycles. The van der Waals surface area contributed by atoms with Gasteiger partial charge in [0.05, 0.1) is 25.0 Å². The van der Waals surface area contributed by atoms with Gasteiger partial charge in [-0.1, -0.05) is 23.4 Å². The first-order valence-electron chi connectivity index (χ1n) is 8.54. The lowest BCUT2D eigenvalue weighted by Gasteiger charge is -2.12. The van der Waals surface area contributed by atoms with Gasteiger partial charge in [0.2, 0.25) is 0 Å². The number of halogens is 1. The highest BCUT2D eigenvalue weighted by Crippen LogP contribution is 2.21. The number of ether oxygens (including phenoxy) is 1. The van der Waals surface area contributed by atoms with Crippen molar-refractivity contribution in [1.29, 1.82) is 0 Å². The zero-order valence-electron chi connectivity index (χ0n) is 15.7. The van der Waals surface area contributed by atoms with Crippen molar-refractivity contribution in [1.82, 2.24) is 20.3 Å². The SMILES string of the molecule is COc1cc(C(=O)NC(C)c2cn(-c3c(C)cccc3C)nn2)ccc1F. The van der Waals surface area contributed by atoms with Gasteiger partial charge < -0.3 is 10.1 Å². The molecular weight excluding hydrogens is 347 g/mol. The fraction of sp³-hybridized carbons (Fsp3) is 0.250. The smallest absolute Gasteiger partial charge is 0.251 e. The fourth-order valence-corrected chi connectivity index (χ4v) is 2.91. The van der Waals surface area contributed by atoms with E-state index in [1.165, 1.54) is 25.3 Å². The van der Waals surface area contributed by atoms with Gasteiger partial charge in [-0.05, 0) is 50.1 Å². The van der Waals surface area contributed by atoms with Crippen molar-refractivity contribution in [2.24, 2.45) is 0 Å². The minimum absolute atomic E-state index is 0.0243. The molecular formula is C20H21FN4O2. The summed E-state index contributed by atoms with van der Waals surface area (Å²) in [6.45, 7) is 5.84. The highest BCUT2D eigenvalue weighted by atomic mass is 19.1. The molecule has 3 rings (SSSR count). The quantitative estimate of drug-likeness (QED) is 0.748. The average molecular weight is 368 g/mol. The first-order valence-corrected chi connectivity index (χ1v) is 8.54. The largest absolute Gasteiger partial charge is 0.494 e. The number of benzene rings is 2. The predicted molar refractivity (Wildman–Crippen MR) is 99.7 cm³/mol. The molecule has 1 unspecified atom stereocenters. The van der Waals surface area contributed by atoms with Crippen LogP contribution in [0.15, 0.2) is 42.6 Å². The molecule has 0 aliphatic carbocycles. The third kappa shape index (κ3) is 3.81. The van der Waals surface area contributed by atoms with Gasteiger partial charge in [0.25, 0.3) is 5.91 Å². The minimum Gasteiger partial charge on any atom is -0.494 e. The van der Waals surface area contributed by atoms with E-state index in [0.717, 1.165) is 16.8 Å². The van der Waals surface area contributed by atoms with Crippen LogP contribution in [0.4, 0.5) is 4.39 Å². The number of nitrogens with zero attached hydrogens (tertiary/aromatic N) is 3. The summed E-state index contributed by atoms with van der Waals surface area (Å²) in [7, 11) is 1.36. The molecule has 0 aliphatic rings. The number of hydrogen-bond acceptors (Lipinski definition) is 4. The van der Waals surface area contributed by atoms with Crippen LogP contribution < -0.4 is 10.1 Å². The van der Waals surface area contributed by atoms with Crippen molar-refractivity contribution in [3.05, 3.63) is 70.8 Å². The van der Waals surface area contributed by atoms with E-state index in [2.05, 4.69) is 15.6 Å². The maximum absolute atomic E-state index is 13.5. The number of aromatic nitrogens is 3. The Morgan fingerprint density at radius 3 is 2.59 bits per heavy atom. The number of amides is 1. The Hall–Kier alpha value is -3.22. The summed E-state index contributed by atoms with van der Waals surface area (Å²) in [5, 5.41) is 11.2. The van der Waals surface area contributed by atoms with Gasteiger partial charge in [-0.3, -0.25) is 4.79 Å². The molecule has 0 saturated carbocycles. The number of aryl methyl sites for hydroxylation is 2. The molecule has 140 valence electrons. The van der Waals surface area contributed by atoms with Gasteiger partial charge in [-0.15, -0.1) is 5.10 Å². The van der Waals surface area contributed by atoms with Crippen LogP contribution in [0, 0.1) is 19.7 Å². The van der Waals surface area contributed by atoms with Crippen LogP contribution in [0.1, 0.15) is 40.1 Å². The highest BCUT2D eigenvalue weighted by molar-refractivity contribution is 5.94. The van der Waals surface area contributed by atoms with Crippen LogP contribution in [-0.2, 0) is 0 Å². The average Bonchev–Trinajstić information content (AvgIpc) is 3.11. The molecule has 27 heavy (non-hydrogen) atoms. The molecule has 7 heteroatoms. The number of methoxy groups -OCH3 is 1. The molecule has 1 atom stereocenters. The Kier molecular flexibility index (Phi) is 5.21. The van der Waals surface area contributed by atoms with Crippen LogP contribution in [-0.4, -0.2) is 28.0 Å². The number of carbonyl (C=O) groups is 1. The Labute approximate surface area is 157 Å². The number of para-hydroxylation sites is 1. The second-order valence-electron chi connectivity index (χ2n) is 6.37. The van der Waals surface area contributed by atoms with Gasteiger partial charge in [-0.2, -0.15) is 0 Å². The van der Waals surface area contributed by atoms with Crippen LogP contribution in [0.2, 0.25) is 0 Å². The van der Waals surface area contributed by atoms with Crippen molar-refractivity contribution in [2.75, 3.05) is 7.11 Å². The monoisotopic (exact) mass is 368 g/mol. The molecule has 0 aliphatic heterocycles. The van der Waals surface area contributed by atoms with Crippen LogP contribution in [0.3, 0.4) is 0 Å². The van der Waals surface area contributed by atoms with Crippen molar-refractivity contribution in [2.45, 2.75) is 26.8 Å². The maximum Gasteiger partial charge on any atom is 0.251 e. The predicted octanol–water partition coefficient (Wildman–Crippen LogP) is 3.52. The summed E-state index contributed by atoms with van der Waals surface area (Å²) in [6, 6.07) is 9.62. The number of rotatable bonds is 5. The normalized spacial score (nSPS) is 11.9. The first-order chi connectivity index (χ1) is 12.9. The summed E-state index contributed by atoms with van der Waals surface area (Å²) < 4.78 is 20.1. The molecule has 2 aromatic carbocycles. The highest BCUT2D eigenvalue weighted by Gasteiger charge is 2.17. The van der Waals surface area contributed by atoms with Crippen LogP contribution in [0.25, 0.3) is 5.69 Å². The summed E-state index contributed by atoms with van der Waals surface area (Å²) in [5.41, 5.74) is 4.07. The Bertz CT molecular complexity index is 964. The first kappa shape index (κ1) is 18.6. The summed E-state index contributed by atoms with van der Waals surface area (Å²) >= 11 is 0. The van der Waals surface area contributed by atoms with Gasteiger partial charge in [0.1, 0.15) is 5.69 Å². The third-order valence-corrected chi connectivity index (χ3v) is 4.38. The summed E-state index contributed by atoms with van der Waals surface area (Å²) in [5.74, 6) is -0.836. The summed E-state index contributed by atoms with van der Waals surface area (Å²) in [6.07, 6.45) is 1.80. The van der Waals surface area contributed by atoms with E-state index >= 15 is 0 Å². The van der Waals surface area contributed by atoms with Crippen molar-refractivity contribution in [3.8, 4) is 11.4 Å². The Morgan fingerprint density at radius 2 is 1.93 bits per heavy atom. The van der Waals surface area contributed by atoms with Crippen LogP contribution >= 0.6 is 0 Å². The summed E-state index contributed by atoms with van der Waals surface area (Å²) in [4.78, 5) is 12.4. The Balaban J connectivity index is 1.78. The van der Waals surface area contributed by atoms with E-state index < -0.39 is 5.82 Å². The zero-order chi connectivity index (χ0) is 19.6. The molecule has 0 radical (unpaired) electrons. The molecule has 1 heterocycles. The zero-order valence-corrected chi connectivity index (χ0v) is 15.7. The van der Waals surface area contributed by atoms with Crippen molar-refractivity contribution < 1.29 is 13.9 Å². The van der Waals surface area contributed by atoms with Crippen molar-refractivity contribution >= 4 is 5.91 Å². The minimum atomic E-state index is -0.515. The lowest BCUT2D eigenvalue weighted by molar-refractivity contribution is 0.0938. The fourth-order valence-electron chi connectivity index (χ4n) is 2.91. The molecule has 1 N–H and O–H groups in total.